The van der Waals surface area contributed by atoms with Gasteiger partial charge < -0.3 is 5.32 Å². The lowest BCUT2D eigenvalue weighted by Gasteiger charge is -2.37. The number of nitrogens with zero attached hydrogens (tertiary/aromatic N) is 1. The van der Waals surface area contributed by atoms with Gasteiger partial charge in [-0.1, -0.05) is 51.4 Å². The first-order chi connectivity index (χ1) is 10.4. The highest BCUT2D eigenvalue weighted by atomic mass is 15.2. The van der Waals surface area contributed by atoms with Crippen molar-refractivity contribution in [3.63, 3.8) is 0 Å². The van der Waals surface area contributed by atoms with E-state index in [0.717, 1.165) is 18.0 Å². The minimum atomic E-state index is 0.790. The Labute approximate surface area is 132 Å². The van der Waals surface area contributed by atoms with E-state index in [-0.39, 0.29) is 0 Å². The molecule has 1 saturated heterocycles. The first-order valence-electron chi connectivity index (χ1n) is 9.91. The molecule has 0 spiro atoms. The van der Waals surface area contributed by atoms with E-state index in [2.05, 4.69) is 10.2 Å². The van der Waals surface area contributed by atoms with Crippen LogP contribution < -0.4 is 5.32 Å². The molecule has 1 atom stereocenters. The van der Waals surface area contributed by atoms with Crippen molar-refractivity contribution in [3.8, 4) is 0 Å². The van der Waals surface area contributed by atoms with Gasteiger partial charge in [-0.2, -0.15) is 0 Å². The predicted octanol–water partition coefficient (Wildman–Crippen LogP) is 4.34. The highest BCUT2D eigenvalue weighted by Crippen LogP contribution is 2.29. The normalized spacial score (nSPS) is 32.3. The Morgan fingerprint density at radius 3 is 2.05 bits per heavy atom. The van der Waals surface area contributed by atoms with Gasteiger partial charge in [0.05, 0.1) is 0 Å². The quantitative estimate of drug-likeness (QED) is 0.814. The summed E-state index contributed by atoms with van der Waals surface area (Å²) in [6.45, 7) is 3.95. The largest absolute Gasteiger partial charge is 0.312 e. The molecular weight excluding hydrogens is 256 g/mol. The number of rotatable bonds is 2. The van der Waals surface area contributed by atoms with Gasteiger partial charge in [0.2, 0.25) is 0 Å². The van der Waals surface area contributed by atoms with Crippen molar-refractivity contribution in [2.75, 3.05) is 19.6 Å². The molecule has 3 aliphatic rings. The zero-order valence-electron chi connectivity index (χ0n) is 14.0. The van der Waals surface area contributed by atoms with Gasteiger partial charge in [-0.25, -0.2) is 0 Å². The van der Waals surface area contributed by atoms with Crippen molar-refractivity contribution in [1.82, 2.24) is 10.2 Å². The van der Waals surface area contributed by atoms with E-state index in [0.29, 0.717) is 0 Å². The van der Waals surface area contributed by atoms with Crippen LogP contribution in [-0.4, -0.2) is 36.6 Å². The summed E-state index contributed by atoms with van der Waals surface area (Å²) in [5.74, 6) is 0.966. The van der Waals surface area contributed by atoms with Gasteiger partial charge in [0.15, 0.2) is 0 Å². The Morgan fingerprint density at radius 1 is 0.667 bits per heavy atom. The van der Waals surface area contributed by atoms with E-state index in [9.17, 15) is 0 Å². The van der Waals surface area contributed by atoms with Gasteiger partial charge in [-0.3, -0.25) is 4.90 Å². The molecule has 21 heavy (non-hydrogen) atoms. The zero-order valence-corrected chi connectivity index (χ0v) is 14.0. The molecule has 1 heterocycles. The van der Waals surface area contributed by atoms with Crippen molar-refractivity contribution in [1.29, 1.82) is 0 Å². The third-order valence-corrected chi connectivity index (χ3v) is 6.27. The molecule has 0 bridgehead atoms. The van der Waals surface area contributed by atoms with E-state index < -0.39 is 0 Å². The molecule has 1 aliphatic heterocycles. The van der Waals surface area contributed by atoms with E-state index in [1.165, 1.54) is 103 Å². The van der Waals surface area contributed by atoms with E-state index in [4.69, 9.17) is 0 Å². The molecule has 0 aromatic rings. The SMILES string of the molecule is C1CCCC(N2CCCNC(C3CCCCC3)C2)CCC1. The second-order valence-corrected chi connectivity index (χ2v) is 7.81. The summed E-state index contributed by atoms with van der Waals surface area (Å²) >= 11 is 0. The summed E-state index contributed by atoms with van der Waals surface area (Å²) in [4.78, 5) is 2.89. The van der Waals surface area contributed by atoms with Crippen LogP contribution in [-0.2, 0) is 0 Å². The lowest BCUT2D eigenvalue weighted by molar-refractivity contribution is 0.141. The molecule has 2 nitrogen and oxygen atoms in total. The van der Waals surface area contributed by atoms with Crippen molar-refractivity contribution in [3.05, 3.63) is 0 Å². The maximum Gasteiger partial charge on any atom is 0.0223 e. The summed E-state index contributed by atoms with van der Waals surface area (Å²) < 4.78 is 0. The van der Waals surface area contributed by atoms with Crippen LogP contribution in [0.25, 0.3) is 0 Å². The van der Waals surface area contributed by atoms with Crippen LogP contribution in [0.15, 0.2) is 0 Å². The first-order valence-corrected chi connectivity index (χ1v) is 9.91. The van der Waals surface area contributed by atoms with Crippen LogP contribution in [0, 0.1) is 5.92 Å². The van der Waals surface area contributed by atoms with Crippen molar-refractivity contribution in [2.45, 2.75) is 95.6 Å². The van der Waals surface area contributed by atoms with Crippen molar-refractivity contribution in [2.24, 2.45) is 5.92 Å². The molecule has 2 aliphatic carbocycles. The van der Waals surface area contributed by atoms with Crippen molar-refractivity contribution >= 4 is 0 Å². The maximum absolute atomic E-state index is 3.91. The molecule has 0 amide bonds. The Balaban J connectivity index is 1.57. The molecule has 0 aromatic heterocycles. The van der Waals surface area contributed by atoms with E-state index >= 15 is 0 Å². The van der Waals surface area contributed by atoms with Gasteiger partial charge in [-0.05, 0) is 51.1 Å². The van der Waals surface area contributed by atoms with Gasteiger partial charge in [0.25, 0.3) is 0 Å². The highest BCUT2D eigenvalue weighted by Gasteiger charge is 2.29. The average molecular weight is 293 g/mol. The maximum atomic E-state index is 3.91. The summed E-state index contributed by atoms with van der Waals surface area (Å²) in [5, 5.41) is 3.91. The Morgan fingerprint density at radius 2 is 1.29 bits per heavy atom. The topological polar surface area (TPSA) is 15.3 Å². The molecule has 3 rings (SSSR count). The van der Waals surface area contributed by atoms with E-state index in [1.54, 1.807) is 0 Å². The first kappa shape index (κ1) is 15.8. The zero-order chi connectivity index (χ0) is 14.3. The van der Waals surface area contributed by atoms with Crippen LogP contribution >= 0.6 is 0 Å². The number of nitrogens with one attached hydrogen (secondary N) is 1. The second-order valence-electron chi connectivity index (χ2n) is 7.81. The fourth-order valence-corrected chi connectivity index (χ4v) is 4.96. The van der Waals surface area contributed by atoms with Crippen molar-refractivity contribution < 1.29 is 0 Å². The van der Waals surface area contributed by atoms with Crippen LogP contribution in [0.3, 0.4) is 0 Å². The molecule has 3 fully saturated rings. The smallest absolute Gasteiger partial charge is 0.0223 e. The lowest BCUT2D eigenvalue weighted by Crippen LogP contribution is -2.46. The molecule has 0 radical (unpaired) electrons. The minimum Gasteiger partial charge on any atom is -0.312 e. The summed E-state index contributed by atoms with van der Waals surface area (Å²) in [6.07, 6.45) is 19.1. The third-order valence-electron chi connectivity index (χ3n) is 6.27. The Kier molecular flexibility index (Phi) is 6.42. The summed E-state index contributed by atoms with van der Waals surface area (Å²) in [7, 11) is 0. The Bertz CT molecular complexity index is 277. The van der Waals surface area contributed by atoms with Crippen LogP contribution in [0.1, 0.15) is 83.5 Å². The lowest BCUT2D eigenvalue weighted by atomic mass is 9.83. The molecular formula is C19H36N2. The number of hydrogen-bond acceptors (Lipinski definition) is 2. The molecule has 0 aromatic carbocycles. The second kappa shape index (κ2) is 8.53. The van der Waals surface area contributed by atoms with Gasteiger partial charge in [0.1, 0.15) is 0 Å². The fraction of sp³-hybridized carbons (Fsp3) is 1.00. The van der Waals surface area contributed by atoms with Crippen LogP contribution in [0.2, 0.25) is 0 Å². The predicted molar refractivity (Wildman–Crippen MR) is 90.7 cm³/mol. The monoisotopic (exact) mass is 292 g/mol. The minimum absolute atomic E-state index is 0.790. The molecule has 1 unspecified atom stereocenters. The Hall–Kier alpha value is -0.0800. The highest BCUT2D eigenvalue weighted by molar-refractivity contribution is 4.87. The number of hydrogen-bond donors (Lipinski definition) is 1. The van der Waals surface area contributed by atoms with Gasteiger partial charge in [-0.15, -0.1) is 0 Å². The summed E-state index contributed by atoms with van der Waals surface area (Å²) in [5.41, 5.74) is 0. The summed E-state index contributed by atoms with van der Waals surface area (Å²) in [6, 6.07) is 1.69. The van der Waals surface area contributed by atoms with Gasteiger partial charge in [0, 0.05) is 18.6 Å². The molecule has 2 saturated carbocycles. The molecule has 2 heteroatoms. The van der Waals surface area contributed by atoms with Crippen LogP contribution in [0.5, 0.6) is 0 Å². The van der Waals surface area contributed by atoms with Gasteiger partial charge >= 0.3 is 0 Å². The standard InChI is InChI=1S/C19H36N2/c1-2-7-12-18(13-8-3-1)21-15-9-14-20-19(16-21)17-10-5-4-6-11-17/h17-20H,1-16H2. The molecule has 122 valence electrons. The third kappa shape index (κ3) is 4.69. The fourth-order valence-electron chi connectivity index (χ4n) is 4.96. The van der Waals surface area contributed by atoms with E-state index in [1.807, 2.05) is 0 Å². The van der Waals surface area contributed by atoms with Crippen LogP contribution in [0.4, 0.5) is 0 Å². The molecule has 1 N–H and O–H groups in total. The average Bonchev–Trinajstić information content (AvgIpc) is 2.74.